The van der Waals surface area contributed by atoms with E-state index in [1.165, 1.54) is 12.1 Å². The van der Waals surface area contributed by atoms with Crippen LogP contribution in [0.25, 0.3) is 0 Å². The number of nitro groups is 1. The summed E-state index contributed by atoms with van der Waals surface area (Å²) in [6, 6.07) is 4.65. The lowest BCUT2D eigenvalue weighted by molar-refractivity contribution is -0.480. The highest BCUT2D eigenvalue weighted by atomic mass is 19.4. The Morgan fingerprint density at radius 3 is 2.58 bits per heavy atom. The number of halogens is 3. The van der Waals surface area contributed by atoms with E-state index in [0.717, 1.165) is 12.1 Å². The van der Waals surface area contributed by atoms with Crippen LogP contribution in [0.1, 0.15) is 24.8 Å². The van der Waals surface area contributed by atoms with Crippen LogP contribution in [0.4, 0.5) is 13.2 Å². The molecule has 4 nitrogen and oxygen atoms in total. The summed E-state index contributed by atoms with van der Waals surface area (Å²) in [6.07, 6.45) is -2.76. The normalized spacial score (nSPS) is 11.3. The van der Waals surface area contributed by atoms with Gasteiger partial charge in [-0.2, -0.15) is 13.2 Å². The average Bonchev–Trinajstić information content (AvgIpc) is 2.32. The molecule has 1 aromatic carbocycles. The summed E-state index contributed by atoms with van der Waals surface area (Å²) in [5.74, 6) is 0.157. The van der Waals surface area contributed by atoms with Crippen molar-refractivity contribution in [2.45, 2.75) is 25.4 Å². The Bertz CT molecular complexity index is 421. The van der Waals surface area contributed by atoms with Crippen LogP contribution >= 0.6 is 0 Å². The summed E-state index contributed by atoms with van der Waals surface area (Å²) >= 11 is 0. The predicted molar refractivity (Wildman–Crippen MR) is 62.7 cm³/mol. The molecule has 0 spiro atoms. The molecule has 0 heterocycles. The van der Waals surface area contributed by atoms with E-state index in [1.807, 2.05) is 0 Å². The second-order valence-corrected chi connectivity index (χ2v) is 3.99. The Balaban J connectivity index is 2.32. The molecule has 0 saturated heterocycles. The Morgan fingerprint density at radius 1 is 1.21 bits per heavy atom. The van der Waals surface area contributed by atoms with Crippen molar-refractivity contribution in [1.29, 1.82) is 0 Å². The number of ether oxygens (including phenoxy) is 1. The van der Waals surface area contributed by atoms with Crippen LogP contribution in [0.5, 0.6) is 5.75 Å². The first-order valence-electron chi connectivity index (χ1n) is 5.81. The fourth-order valence-electron chi connectivity index (χ4n) is 1.47. The largest absolute Gasteiger partial charge is 0.494 e. The van der Waals surface area contributed by atoms with Crippen LogP contribution in [0.15, 0.2) is 24.3 Å². The summed E-state index contributed by atoms with van der Waals surface area (Å²) in [6.45, 7) is 0.155. The fourth-order valence-corrected chi connectivity index (χ4v) is 1.47. The maximum atomic E-state index is 12.4. The number of unbranched alkanes of at least 4 members (excludes halogenated alkanes) is 2. The van der Waals surface area contributed by atoms with Gasteiger partial charge >= 0.3 is 6.18 Å². The molecule has 0 aliphatic rings. The molecular formula is C12H14F3NO3. The molecule has 0 N–H and O–H groups in total. The van der Waals surface area contributed by atoms with Gasteiger partial charge in [0.1, 0.15) is 5.75 Å². The molecule has 19 heavy (non-hydrogen) atoms. The second-order valence-electron chi connectivity index (χ2n) is 3.99. The molecule has 1 aromatic rings. The molecular weight excluding hydrogens is 263 g/mol. The molecule has 0 aliphatic heterocycles. The van der Waals surface area contributed by atoms with Crippen LogP contribution in [-0.4, -0.2) is 18.1 Å². The van der Waals surface area contributed by atoms with Gasteiger partial charge in [-0.3, -0.25) is 10.1 Å². The second kappa shape index (κ2) is 6.96. The lowest BCUT2D eigenvalue weighted by Crippen LogP contribution is -2.06. The number of alkyl halides is 3. The van der Waals surface area contributed by atoms with Gasteiger partial charge in [-0.05, 0) is 31.0 Å². The molecule has 0 saturated carbocycles. The van der Waals surface area contributed by atoms with Crippen LogP contribution in [0.3, 0.4) is 0 Å². The van der Waals surface area contributed by atoms with Crippen molar-refractivity contribution in [3.05, 3.63) is 39.9 Å². The standard InChI is InChI=1S/C12H14F3NO3/c13-12(14,15)10-5-4-6-11(9-10)19-8-3-1-2-7-16(17)18/h4-6,9H,1-3,7-8H2. The van der Waals surface area contributed by atoms with E-state index in [4.69, 9.17) is 4.74 Å². The Labute approximate surface area is 108 Å². The Hall–Kier alpha value is -1.79. The Morgan fingerprint density at radius 2 is 1.95 bits per heavy atom. The van der Waals surface area contributed by atoms with Gasteiger partial charge in [0.2, 0.25) is 6.54 Å². The maximum absolute atomic E-state index is 12.4. The molecule has 0 bridgehead atoms. The molecule has 0 aromatic heterocycles. The highest BCUT2D eigenvalue weighted by Crippen LogP contribution is 2.31. The maximum Gasteiger partial charge on any atom is 0.416 e. The fraction of sp³-hybridized carbons (Fsp3) is 0.500. The monoisotopic (exact) mass is 277 g/mol. The van der Waals surface area contributed by atoms with E-state index in [2.05, 4.69) is 0 Å². The number of hydrogen-bond donors (Lipinski definition) is 0. The summed E-state index contributed by atoms with van der Waals surface area (Å²) in [7, 11) is 0. The number of hydrogen-bond acceptors (Lipinski definition) is 3. The van der Waals surface area contributed by atoms with Crippen molar-refractivity contribution < 1.29 is 22.8 Å². The van der Waals surface area contributed by atoms with Gasteiger partial charge in [0.15, 0.2) is 0 Å². The van der Waals surface area contributed by atoms with Crippen LogP contribution in [0, 0.1) is 10.1 Å². The van der Waals surface area contributed by atoms with E-state index >= 15 is 0 Å². The molecule has 0 fully saturated rings. The molecule has 0 atom stereocenters. The summed E-state index contributed by atoms with van der Waals surface area (Å²) in [5.41, 5.74) is -0.752. The third kappa shape index (κ3) is 6.08. The van der Waals surface area contributed by atoms with E-state index < -0.39 is 16.7 Å². The highest BCUT2D eigenvalue weighted by Gasteiger charge is 2.30. The molecule has 0 amide bonds. The van der Waals surface area contributed by atoms with Crippen molar-refractivity contribution in [3.63, 3.8) is 0 Å². The number of rotatable bonds is 7. The third-order valence-electron chi connectivity index (χ3n) is 2.42. The molecule has 106 valence electrons. The van der Waals surface area contributed by atoms with Crippen LogP contribution < -0.4 is 4.74 Å². The summed E-state index contributed by atoms with van der Waals surface area (Å²) < 4.78 is 42.4. The van der Waals surface area contributed by atoms with Crippen molar-refractivity contribution in [1.82, 2.24) is 0 Å². The van der Waals surface area contributed by atoms with Crippen molar-refractivity contribution in [3.8, 4) is 5.75 Å². The molecule has 0 unspecified atom stereocenters. The zero-order valence-electron chi connectivity index (χ0n) is 10.2. The molecule has 0 aliphatic carbocycles. The highest BCUT2D eigenvalue weighted by molar-refractivity contribution is 5.30. The minimum absolute atomic E-state index is 0.0937. The average molecular weight is 277 g/mol. The predicted octanol–water partition coefficient (Wildman–Crippen LogP) is 3.53. The molecule has 0 radical (unpaired) electrons. The first-order valence-corrected chi connectivity index (χ1v) is 5.81. The molecule has 7 heteroatoms. The number of nitrogens with zero attached hydrogens (tertiary/aromatic N) is 1. The van der Waals surface area contributed by atoms with Gasteiger partial charge in [0.25, 0.3) is 0 Å². The van der Waals surface area contributed by atoms with Gasteiger partial charge in [-0.25, -0.2) is 0 Å². The smallest absolute Gasteiger partial charge is 0.416 e. The zero-order valence-corrected chi connectivity index (χ0v) is 10.2. The Kier molecular flexibility index (Phi) is 5.59. The SMILES string of the molecule is O=[N+]([O-])CCCCCOc1cccc(C(F)(F)F)c1. The lowest BCUT2D eigenvalue weighted by atomic mass is 10.2. The lowest BCUT2D eigenvalue weighted by Gasteiger charge is -2.09. The molecule has 1 rings (SSSR count). The quantitative estimate of drug-likeness (QED) is 0.435. The first-order chi connectivity index (χ1) is 8.89. The van der Waals surface area contributed by atoms with E-state index in [1.54, 1.807) is 0 Å². The van der Waals surface area contributed by atoms with E-state index in [0.29, 0.717) is 19.3 Å². The third-order valence-corrected chi connectivity index (χ3v) is 2.42. The number of benzene rings is 1. The summed E-state index contributed by atoms with van der Waals surface area (Å²) in [4.78, 5) is 9.66. The van der Waals surface area contributed by atoms with Crippen molar-refractivity contribution in [2.24, 2.45) is 0 Å². The van der Waals surface area contributed by atoms with Gasteiger partial charge in [0, 0.05) is 11.3 Å². The van der Waals surface area contributed by atoms with Crippen molar-refractivity contribution in [2.75, 3.05) is 13.2 Å². The minimum Gasteiger partial charge on any atom is -0.494 e. The summed E-state index contributed by atoms with van der Waals surface area (Å²) in [5, 5.41) is 10.1. The van der Waals surface area contributed by atoms with E-state index in [9.17, 15) is 23.3 Å². The minimum atomic E-state index is -4.38. The van der Waals surface area contributed by atoms with E-state index in [-0.39, 0.29) is 18.9 Å². The van der Waals surface area contributed by atoms with Gasteiger partial charge < -0.3 is 4.74 Å². The van der Waals surface area contributed by atoms with Crippen molar-refractivity contribution >= 4 is 0 Å². The van der Waals surface area contributed by atoms with Gasteiger partial charge in [-0.1, -0.05) is 6.07 Å². The van der Waals surface area contributed by atoms with Gasteiger partial charge in [0.05, 0.1) is 12.2 Å². The van der Waals surface area contributed by atoms with Crippen LogP contribution in [0.2, 0.25) is 0 Å². The van der Waals surface area contributed by atoms with Crippen LogP contribution in [-0.2, 0) is 6.18 Å². The topological polar surface area (TPSA) is 52.4 Å². The van der Waals surface area contributed by atoms with Gasteiger partial charge in [-0.15, -0.1) is 0 Å². The zero-order chi connectivity index (χ0) is 14.3. The first kappa shape index (κ1) is 15.3.